The highest BCUT2D eigenvalue weighted by Gasteiger charge is 2.41. The lowest BCUT2D eigenvalue weighted by Crippen LogP contribution is -2.58. The Hall–Kier alpha value is -2.19. The number of hydrogen-bond donors (Lipinski definition) is 3. The van der Waals surface area contributed by atoms with Gasteiger partial charge in [0, 0.05) is 45.8 Å². The van der Waals surface area contributed by atoms with Crippen LogP contribution in [-0.4, -0.2) is 71.7 Å². The number of likely N-dealkylation sites (tertiary alicyclic amines) is 1. The summed E-state index contributed by atoms with van der Waals surface area (Å²) in [5, 5.41) is 16.6. The van der Waals surface area contributed by atoms with Crippen molar-refractivity contribution in [1.82, 2.24) is 20.4 Å². The minimum atomic E-state index is -1.44. The summed E-state index contributed by atoms with van der Waals surface area (Å²) >= 11 is 0. The van der Waals surface area contributed by atoms with Gasteiger partial charge in [-0.1, -0.05) is 12.1 Å². The summed E-state index contributed by atoms with van der Waals surface area (Å²) in [6, 6.07) is 5.95. The molecule has 7 nitrogen and oxygen atoms in total. The fourth-order valence-electron chi connectivity index (χ4n) is 3.42. The second-order valence-corrected chi connectivity index (χ2v) is 6.88. The molecule has 3 N–H and O–H groups in total. The van der Waals surface area contributed by atoms with E-state index in [1.54, 1.807) is 21.9 Å². The number of piperidine rings is 1. The molecule has 26 heavy (non-hydrogen) atoms. The molecule has 3 rings (SSSR count). The van der Waals surface area contributed by atoms with Crippen molar-refractivity contribution in [2.24, 2.45) is 0 Å². The van der Waals surface area contributed by atoms with Crippen molar-refractivity contribution < 1.29 is 19.1 Å². The fourth-order valence-corrected chi connectivity index (χ4v) is 3.42. The molecule has 2 heterocycles. The van der Waals surface area contributed by atoms with Gasteiger partial charge in [-0.05, 0) is 30.5 Å². The lowest BCUT2D eigenvalue weighted by molar-refractivity contribution is -0.157. The number of benzene rings is 1. The summed E-state index contributed by atoms with van der Waals surface area (Å²) in [4.78, 5) is 27.5. The Morgan fingerprint density at radius 1 is 1.19 bits per heavy atom. The van der Waals surface area contributed by atoms with E-state index in [0.29, 0.717) is 52.1 Å². The maximum Gasteiger partial charge on any atom is 0.317 e. The Morgan fingerprint density at radius 3 is 2.65 bits per heavy atom. The number of urea groups is 1. The number of hydrogen-bond acceptors (Lipinski definition) is 4. The molecule has 8 heteroatoms. The summed E-state index contributed by atoms with van der Waals surface area (Å²) in [5.74, 6) is -0.620. The summed E-state index contributed by atoms with van der Waals surface area (Å²) < 4.78 is 13.0. The topological polar surface area (TPSA) is 84.9 Å². The third kappa shape index (κ3) is 4.31. The second-order valence-electron chi connectivity index (χ2n) is 6.88. The van der Waals surface area contributed by atoms with Crippen molar-refractivity contribution in [1.29, 1.82) is 0 Å². The first kappa shape index (κ1) is 18.6. The first-order chi connectivity index (χ1) is 12.5. The Labute approximate surface area is 152 Å². The van der Waals surface area contributed by atoms with Gasteiger partial charge in [0.1, 0.15) is 5.82 Å². The van der Waals surface area contributed by atoms with Crippen LogP contribution in [0.3, 0.4) is 0 Å². The predicted octanol–water partition coefficient (Wildman–Crippen LogP) is 0.294. The summed E-state index contributed by atoms with van der Waals surface area (Å²) in [6.45, 7) is 3.47. The summed E-state index contributed by atoms with van der Waals surface area (Å²) in [6.07, 6.45) is 1.11. The van der Waals surface area contributed by atoms with E-state index >= 15 is 0 Å². The fraction of sp³-hybridized carbons (Fsp3) is 0.556. The molecule has 0 spiro atoms. The van der Waals surface area contributed by atoms with E-state index in [1.165, 1.54) is 12.1 Å². The molecule has 2 saturated heterocycles. The molecule has 1 atom stereocenters. The van der Waals surface area contributed by atoms with Crippen molar-refractivity contribution in [3.8, 4) is 0 Å². The van der Waals surface area contributed by atoms with E-state index in [4.69, 9.17) is 0 Å². The first-order valence-electron chi connectivity index (χ1n) is 8.98. The van der Waals surface area contributed by atoms with Crippen LogP contribution in [0.4, 0.5) is 9.18 Å². The zero-order chi connectivity index (χ0) is 18.6. The van der Waals surface area contributed by atoms with Crippen LogP contribution in [0.1, 0.15) is 18.4 Å². The number of aliphatic hydroxyl groups is 1. The number of nitrogens with zero attached hydrogens (tertiary/aromatic N) is 2. The maximum atomic E-state index is 13.0. The Morgan fingerprint density at radius 2 is 1.96 bits per heavy atom. The lowest BCUT2D eigenvalue weighted by Gasteiger charge is -2.38. The van der Waals surface area contributed by atoms with Gasteiger partial charge in [-0.15, -0.1) is 0 Å². The first-order valence-corrected chi connectivity index (χ1v) is 8.98. The Balaban J connectivity index is 1.50. The molecule has 3 amide bonds. The van der Waals surface area contributed by atoms with E-state index in [9.17, 15) is 19.1 Å². The van der Waals surface area contributed by atoms with Crippen LogP contribution < -0.4 is 10.6 Å². The number of halogens is 1. The van der Waals surface area contributed by atoms with E-state index in [-0.39, 0.29) is 24.3 Å². The molecule has 2 aliphatic heterocycles. The summed E-state index contributed by atoms with van der Waals surface area (Å²) in [5.41, 5.74) is -0.608. The van der Waals surface area contributed by atoms with Gasteiger partial charge in [0.05, 0.1) is 0 Å². The van der Waals surface area contributed by atoms with Crippen LogP contribution in [0, 0.1) is 5.82 Å². The molecule has 0 bridgehead atoms. The van der Waals surface area contributed by atoms with Gasteiger partial charge in [-0.25, -0.2) is 9.18 Å². The minimum Gasteiger partial charge on any atom is -0.379 e. The minimum absolute atomic E-state index is 0.0790. The molecular formula is C18H25FN4O3. The van der Waals surface area contributed by atoms with Crippen LogP contribution in [0.2, 0.25) is 0 Å². The monoisotopic (exact) mass is 364 g/mol. The van der Waals surface area contributed by atoms with Gasteiger partial charge in [0.25, 0.3) is 5.91 Å². The van der Waals surface area contributed by atoms with Crippen molar-refractivity contribution in [2.75, 3.05) is 39.3 Å². The average molecular weight is 364 g/mol. The van der Waals surface area contributed by atoms with Crippen molar-refractivity contribution >= 4 is 11.9 Å². The Bertz CT molecular complexity index is 654. The highest BCUT2D eigenvalue weighted by atomic mass is 19.1. The predicted molar refractivity (Wildman–Crippen MR) is 93.8 cm³/mol. The molecule has 1 aromatic rings. The number of carbonyl (C=O) groups is 2. The van der Waals surface area contributed by atoms with E-state index in [2.05, 4.69) is 10.6 Å². The molecule has 1 aromatic carbocycles. The largest absolute Gasteiger partial charge is 0.379 e. The van der Waals surface area contributed by atoms with E-state index in [1.807, 2.05) is 0 Å². The number of amides is 3. The van der Waals surface area contributed by atoms with Gasteiger partial charge in [0.2, 0.25) is 0 Å². The molecule has 0 unspecified atom stereocenters. The zero-order valence-corrected chi connectivity index (χ0v) is 14.7. The molecular weight excluding hydrogens is 339 g/mol. The van der Waals surface area contributed by atoms with Crippen molar-refractivity contribution in [3.05, 3.63) is 35.6 Å². The van der Waals surface area contributed by atoms with Crippen LogP contribution in [0.5, 0.6) is 0 Å². The van der Waals surface area contributed by atoms with Crippen molar-refractivity contribution in [2.45, 2.75) is 25.0 Å². The van der Waals surface area contributed by atoms with Gasteiger partial charge in [-0.2, -0.15) is 0 Å². The van der Waals surface area contributed by atoms with Crippen LogP contribution >= 0.6 is 0 Å². The smallest absolute Gasteiger partial charge is 0.317 e. The van der Waals surface area contributed by atoms with Gasteiger partial charge >= 0.3 is 6.03 Å². The highest BCUT2D eigenvalue weighted by molar-refractivity contribution is 5.86. The molecule has 2 fully saturated rings. The Kier molecular flexibility index (Phi) is 5.73. The third-order valence-corrected chi connectivity index (χ3v) is 4.91. The van der Waals surface area contributed by atoms with Gasteiger partial charge < -0.3 is 25.5 Å². The van der Waals surface area contributed by atoms with Gasteiger partial charge in [0.15, 0.2) is 5.60 Å². The van der Waals surface area contributed by atoms with Gasteiger partial charge in [-0.3, -0.25) is 4.79 Å². The zero-order valence-electron chi connectivity index (χ0n) is 14.7. The quantitative estimate of drug-likeness (QED) is 0.608. The SMILES string of the molecule is O=C1NCCN1CCNC[C@]1(O)CCCN(Cc2ccc(F)cc2)C1=O. The molecule has 0 aromatic heterocycles. The highest BCUT2D eigenvalue weighted by Crippen LogP contribution is 2.23. The average Bonchev–Trinajstić information content (AvgIpc) is 3.03. The van der Waals surface area contributed by atoms with E-state index in [0.717, 1.165) is 5.56 Å². The third-order valence-electron chi connectivity index (χ3n) is 4.91. The molecule has 0 aliphatic carbocycles. The second kappa shape index (κ2) is 8.01. The van der Waals surface area contributed by atoms with E-state index < -0.39 is 5.60 Å². The number of carbonyl (C=O) groups excluding carboxylic acids is 2. The van der Waals surface area contributed by atoms with Crippen molar-refractivity contribution in [3.63, 3.8) is 0 Å². The van der Waals surface area contributed by atoms with Crippen LogP contribution in [-0.2, 0) is 11.3 Å². The summed E-state index contributed by atoms with van der Waals surface area (Å²) in [7, 11) is 0. The lowest BCUT2D eigenvalue weighted by atomic mass is 9.91. The standard InChI is InChI=1S/C18H25FN4O3/c19-15-4-2-14(3-5-15)12-23-9-1-6-18(26,16(23)24)13-20-7-10-22-11-8-21-17(22)25/h2-5,20,26H,1,6-13H2,(H,21,25)/t18-/m1/s1. The molecule has 0 saturated carbocycles. The molecule has 142 valence electrons. The van der Waals surface area contributed by atoms with Crippen LogP contribution in [0.15, 0.2) is 24.3 Å². The van der Waals surface area contributed by atoms with Crippen LogP contribution in [0.25, 0.3) is 0 Å². The normalized spacial score (nSPS) is 23.5. The molecule has 0 radical (unpaired) electrons. The number of rotatable bonds is 7. The molecule has 2 aliphatic rings. The number of nitrogens with one attached hydrogen (secondary N) is 2. The maximum absolute atomic E-state index is 13.0.